The number of hydrogen-bond donors (Lipinski definition) is 0. The average Bonchev–Trinajstić information content (AvgIpc) is 2.59. The first kappa shape index (κ1) is 15.7. The first-order valence-electron chi connectivity index (χ1n) is 7.54. The number of benzene rings is 2. The number of hydrogen-bond acceptors (Lipinski definition) is 2. The minimum absolute atomic E-state index is 0.0907. The Labute approximate surface area is 139 Å². The zero-order valence-electron chi connectivity index (χ0n) is 13.2. The SMILES string of the molecule is Cc1ccc(-c2ccc(C#N)c(=O)n2Cc2ccc(F)cc2)cc1. The number of aryl methyl sites for hydroxylation is 1. The van der Waals surface area contributed by atoms with Gasteiger partial charge in [-0.05, 0) is 42.3 Å². The summed E-state index contributed by atoms with van der Waals surface area (Å²) in [5, 5.41) is 9.13. The maximum Gasteiger partial charge on any atom is 0.269 e. The molecule has 1 heterocycles. The van der Waals surface area contributed by atoms with Crippen molar-refractivity contribution in [2.45, 2.75) is 13.5 Å². The zero-order valence-corrected chi connectivity index (χ0v) is 13.2. The van der Waals surface area contributed by atoms with Gasteiger partial charge < -0.3 is 4.57 Å². The van der Waals surface area contributed by atoms with Crippen LogP contribution in [-0.2, 0) is 6.54 Å². The predicted octanol–water partition coefficient (Wildman–Crippen LogP) is 3.88. The molecule has 0 aliphatic rings. The Morgan fingerprint density at radius 1 is 1.00 bits per heavy atom. The van der Waals surface area contributed by atoms with Crippen molar-refractivity contribution < 1.29 is 4.39 Å². The second-order valence-corrected chi connectivity index (χ2v) is 5.63. The second-order valence-electron chi connectivity index (χ2n) is 5.63. The number of rotatable bonds is 3. The number of aromatic nitrogens is 1. The van der Waals surface area contributed by atoms with E-state index < -0.39 is 0 Å². The van der Waals surface area contributed by atoms with Crippen molar-refractivity contribution in [1.29, 1.82) is 5.26 Å². The maximum absolute atomic E-state index is 13.1. The largest absolute Gasteiger partial charge is 0.303 e. The molecule has 0 atom stereocenters. The van der Waals surface area contributed by atoms with Gasteiger partial charge in [0, 0.05) is 0 Å². The molecule has 0 radical (unpaired) electrons. The third-order valence-electron chi connectivity index (χ3n) is 3.90. The van der Waals surface area contributed by atoms with E-state index in [1.165, 1.54) is 12.1 Å². The minimum atomic E-state index is -0.347. The molecule has 24 heavy (non-hydrogen) atoms. The van der Waals surface area contributed by atoms with Crippen LogP contribution in [0.5, 0.6) is 0 Å². The van der Waals surface area contributed by atoms with Crippen LogP contribution >= 0.6 is 0 Å². The van der Waals surface area contributed by atoms with E-state index in [0.29, 0.717) is 0 Å². The van der Waals surface area contributed by atoms with E-state index in [1.54, 1.807) is 28.8 Å². The monoisotopic (exact) mass is 318 g/mol. The average molecular weight is 318 g/mol. The van der Waals surface area contributed by atoms with Gasteiger partial charge >= 0.3 is 0 Å². The summed E-state index contributed by atoms with van der Waals surface area (Å²) >= 11 is 0. The van der Waals surface area contributed by atoms with Crippen molar-refractivity contribution in [2.24, 2.45) is 0 Å². The Morgan fingerprint density at radius 3 is 2.29 bits per heavy atom. The van der Waals surface area contributed by atoms with Gasteiger partial charge in [-0.2, -0.15) is 5.26 Å². The fourth-order valence-corrected chi connectivity index (χ4v) is 2.57. The highest BCUT2D eigenvalue weighted by molar-refractivity contribution is 5.61. The Hall–Kier alpha value is -3.19. The summed E-state index contributed by atoms with van der Waals surface area (Å²) in [6.45, 7) is 2.27. The lowest BCUT2D eigenvalue weighted by Gasteiger charge is -2.14. The zero-order chi connectivity index (χ0) is 17.1. The van der Waals surface area contributed by atoms with E-state index in [9.17, 15) is 9.18 Å². The smallest absolute Gasteiger partial charge is 0.269 e. The molecule has 0 saturated heterocycles. The Balaban J connectivity index is 2.14. The van der Waals surface area contributed by atoms with Crippen LogP contribution in [0.4, 0.5) is 4.39 Å². The summed E-state index contributed by atoms with van der Waals surface area (Å²) in [7, 11) is 0. The van der Waals surface area contributed by atoms with E-state index >= 15 is 0 Å². The number of nitrogens with zero attached hydrogens (tertiary/aromatic N) is 2. The molecule has 0 aliphatic carbocycles. The third-order valence-corrected chi connectivity index (χ3v) is 3.90. The topological polar surface area (TPSA) is 45.8 Å². The Kier molecular flexibility index (Phi) is 4.26. The van der Waals surface area contributed by atoms with Gasteiger partial charge in [-0.25, -0.2) is 4.39 Å². The van der Waals surface area contributed by atoms with E-state index in [1.807, 2.05) is 37.3 Å². The molecule has 3 nitrogen and oxygen atoms in total. The molecular weight excluding hydrogens is 303 g/mol. The van der Waals surface area contributed by atoms with E-state index in [-0.39, 0.29) is 23.5 Å². The molecule has 2 aromatic carbocycles. The third kappa shape index (κ3) is 3.11. The van der Waals surface area contributed by atoms with Gasteiger partial charge in [-0.1, -0.05) is 42.0 Å². The number of nitriles is 1. The van der Waals surface area contributed by atoms with Crippen molar-refractivity contribution in [3.63, 3.8) is 0 Å². The molecule has 4 heteroatoms. The summed E-state index contributed by atoms with van der Waals surface area (Å²) in [4.78, 5) is 12.6. The molecule has 0 amide bonds. The van der Waals surface area contributed by atoms with Crippen LogP contribution in [0, 0.1) is 24.1 Å². The van der Waals surface area contributed by atoms with E-state index in [2.05, 4.69) is 0 Å². The van der Waals surface area contributed by atoms with Gasteiger partial charge in [0.15, 0.2) is 0 Å². The molecule has 0 fully saturated rings. The predicted molar refractivity (Wildman–Crippen MR) is 91.1 cm³/mol. The second kappa shape index (κ2) is 6.51. The van der Waals surface area contributed by atoms with Crippen molar-refractivity contribution in [2.75, 3.05) is 0 Å². The molecule has 3 rings (SSSR count). The van der Waals surface area contributed by atoms with Gasteiger partial charge in [0.05, 0.1) is 12.2 Å². The summed E-state index contributed by atoms with van der Waals surface area (Å²) in [6.07, 6.45) is 0. The summed E-state index contributed by atoms with van der Waals surface area (Å²) in [5.41, 5.74) is 3.28. The van der Waals surface area contributed by atoms with Gasteiger partial charge in [-0.3, -0.25) is 4.79 Å². The fourth-order valence-electron chi connectivity index (χ4n) is 2.57. The molecule has 0 aliphatic heterocycles. The highest BCUT2D eigenvalue weighted by Crippen LogP contribution is 2.20. The van der Waals surface area contributed by atoms with Gasteiger partial charge in [0.1, 0.15) is 17.4 Å². The van der Waals surface area contributed by atoms with E-state index in [4.69, 9.17) is 5.26 Å². The van der Waals surface area contributed by atoms with Crippen molar-refractivity contribution in [3.05, 3.63) is 93.5 Å². The lowest BCUT2D eigenvalue weighted by atomic mass is 10.1. The quantitative estimate of drug-likeness (QED) is 0.735. The van der Waals surface area contributed by atoms with Crippen LogP contribution in [0.1, 0.15) is 16.7 Å². The molecular formula is C20H15FN2O. The standard InChI is InChI=1S/C20H15FN2O/c1-14-2-6-16(7-3-14)19-11-8-17(12-22)20(24)23(19)13-15-4-9-18(21)10-5-15/h2-11H,13H2,1H3. The lowest BCUT2D eigenvalue weighted by Crippen LogP contribution is -2.24. The van der Waals surface area contributed by atoms with Gasteiger partial charge in [0.25, 0.3) is 5.56 Å². The van der Waals surface area contributed by atoms with Crippen molar-refractivity contribution >= 4 is 0 Å². The molecule has 1 aromatic heterocycles. The molecule has 118 valence electrons. The van der Waals surface area contributed by atoms with Gasteiger partial charge in [-0.15, -0.1) is 0 Å². The summed E-state index contributed by atoms with van der Waals surface area (Å²) in [6, 6.07) is 19.1. The Bertz CT molecular complexity index is 965. The minimum Gasteiger partial charge on any atom is -0.303 e. The Morgan fingerprint density at radius 2 is 1.67 bits per heavy atom. The van der Waals surface area contributed by atoms with E-state index in [0.717, 1.165) is 22.4 Å². The highest BCUT2D eigenvalue weighted by atomic mass is 19.1. The van der Waals surface area contributed by atoms with Crippen LogP contribution in [-0.4, -0.2) is 4.57 Å². The summed E-state index contributed by atoms with van der Waals surface area (Å²) in [5.74, 6) is -0.323. The van der Waals surface area contributed by atoms with Crippen molar-refractivity contribution in [3.8, 4) is 17.3 Å². The first-order chi connectivity index (χ1) is 11.6. The molecule has 0 spiro atoms. The maximum atomic E-state index is 13.1. The molecule has 0 saturated carbocycles. The first-order valence-corrected chi connectivity index (χ1v) is 7.54. The molecule has 0 unspecified atom stereocenters. The van der Waals surface area contributed by atoms with Crippen LogP contribution < -0.4 is 5.56 Å². The van der Waals surface area contributed by atoms with Crippen LogP contribution in [0.3, 0.4) is 0 Å². The molecule has 0 N–H and O–H groups in total. The fraction of sp³-hybridized carbons (Fsp3) is 0.100. The lowest BCUT2D eigenvalue weighted by molar-refractivity contribution is 0.626. The number of halogens is 1. The van der Waals surface area contributed by atoms with Crippen LogP contribution in [0.25, 0.3) is 11.3 Å². The van der Waals surface area contributed by atoms with Crippen LogP contribution in [0.15, 0.2) is 65.5 Å². The number of pyridine rings is 1. The normalized spacial score (nSPS) is 10.4. The molecule has 0 bridgehead atoms. The molecule has 3 aromatic rings. The van der Waals surface area contributed by atoms with Crippen LogP contribution in [0.2, 0.25) is 0 Å². The summed E-state index contributed by atoms with van der Waals surface area (Å²) < 4.78 is 14.6. The van der Waals surface area contributed by atoms with Gasteiger partial charge in [0.2, 0.25) is 0 Å². The van der Waals surface area contributed by atoms with Crippen molar-refractivity contribution in [1.82, 2.24) is 4.57 Å². The highest BCUT2D eigenvalue weighted by Gasteiger charge is 2.11.